The largest absolute Gasteiger partial charge is 0.477 e. The Morgan fingerprint density at radius 3 is 2.26 bits per heavy atom. The van der Waals surface area contributed by atoms with Gasteiger partial charge in [0.25, 0.3) is 5.91 Å². The molecule has 1 aliphatic rings. The smallest absolute Gasteiger partial charge is 0.407 e. The van der Waals surface area contributed by atoms with Crippen LogP contribution in [0.4, 0.5) is 13.6 Å². The lowest BCUT2D eigenvalue weighted by Gasteiger charge is -2.14. The van der Waals surface area contributed by atoms with Gasteiger partial charge in [0, 0.05) is 13.0 Å². The van der Waals surface area contributed by atoms with Crippen LogP contribution in [-0.4, -0.2) is 51.9 Å². The Hall–Kier alpha value is -4.28. The summed E-state index contributed by atoms with van der Waals surface area (Å²) in [6.45, 7) is -1.30. The minimum Gasteiger partial charge on any atom is -0.477 e. The van der Waals surface area contributed by atoms with E-state index in [9.17, 15) is 23.2 Å². The van der Waals surface area contributed by atoms with Gasteiger partial charge in [-0.25, -0.2) is 9.59 Å². The van der Waals surface area contributed by atoms with Crippen LogP contribution in [0.1, 0.15) is 33.2 Å². The molecule has 0 saturated heterocycles. The zero-order chi connectivity index (χ0) is 25.2. The number of fused-ring (bicyclic) bond motifs is 3. The van der Waals surface area contributed by atoms with Crippen molar-refractivity contribution in [1.82, 2.24) is 20.4 Å². The highest BCUT2D eigenvalue weighted by Gasteiger charge is 2.39. The molecule has 0 fully saturated rings. The molecular weight excluding hydrogens is 462 g/mol. The van der Waals surface area contributed by atoms with E-state index in [1.54, 1.807) is 0 Å². The highest BCUT2D eigenvalue weighted by atomic mass is 19.3. The Kier molecular flexibility index (Phi) is 6.50. The third-order valence-electron chi connectivity index (χ3n) is 5.70. The molecule has 2 aromatic carbocycles. The van der Waals surface area contributed by atoms with Gasteiger partial charge < -0.3 is 20.5 Å². The first-order chi connectivity index (χ1) is 16.7. The number of hydrogen-bond donors (Lipinski definition) is 3. The van der Waals surface area contributed by atoms with E-state index in [-0.39, 0.29) is 30.5 Å². The summed E-state index contributed by atoms with van der Waals surface area (Å²) in [7, 11) is 1.42. The van der Waals surface area contributed by atoms with Gasteiger partial charge in [0.15, 0.2) is 0 Å². The normalized spacial score (nSPS) is 12.5. The summed E-state index contributed by atoms with van der Waals surface area (Å²) in [5.74, 6) is -7.45. The number of amides is 2. The number of halogens is 2. The van der Waals surface area contributed by atoms with E-state index in [0.29, 0.717) is 0 Å². The SMILES string of the molecule is Cn1nc(CNC(=O)OCC2c3ccccc3-c3ccccc32)cc1C(=O)NCC(F)(F)C(=O)O. The van der Waals surface area contributed by atoms with Crippen LogP contribution < -0.4 is 10.6 Å². The first-order valence-electron chi connectivity index (χ1n) is 10.7. The monoisotopic (exact) mass is 484 g/mol. The highest BCUT2D eigenvalue weighted by Crippen LogP contribution is 2.44. The molecule has 0 atom stereocenters. The molecule has 0 unspecified atom stereocenters. The van der Waals surface area contributed by atoms with Gasteiger partial charge in [-0.3, -0.25) is 9.48 Å². The number of aryl methyl sites for hydroxylation is 1. The number of alkyl halides is 2. The Morgan fingerprint density at radius 1 is 1.06 bits per heavy atom. The second kappa shape index (κ2) is 9.53. The minimum absolute atomic E-state index is 0.0664. The highest BCUT2D eigenvalue weighted by molar-refractivity contribution is 5.93. The van der Waals surface area contributed by atoms with E-state index in [0.717, 1.165) is 26.9 Å². The number of carboxylic acid groups (broad SMARTS) is 1. The Labute approximate surface area is 198 Å². The van der Waals surface area contributed by atoms with E-state index in [1.165, 1.54) is 13.1 Å². The number of aromatic nitrogens is 2. The predicted molar refractivity (Wildman–Crippen MR) is 120 cm³/mol. The molecule has 182 valence electrons. The molecule has 2 amide bonds. The maximum absolute atomic E-state index is 13.2. The summed E-state index contributed by atoms with van der Waals surface area (Å²) in [5, 5.41) is 16.9. The second-order valence-corrected chi connectivity index (χ2v) is 8.02. The van der Waals surface area contributed by atoms with Crippen LogP contribution in [-0.2, 0) is 23.1 Å². The standard InChI is InChI=1S/C24H22F2N4O5/c1-30-20(21(31)28-13-24(25,26)22(32)33)10-14(29-30)11-27-23(34)35-12-19-17-8-4-2-6-15(17)16-7-3-5-9-18(16)19/h2-10,19H,11-13H2,1H3,(H,27,34)(H,28,31)(H,32,33). The first-order valence-corrected chi connectivity index (χ1v) is 10.7. The molecule has 3 N–H and O–H groups in total. The van der Waals surface area contributed by atoms with Crippen molar-refractivity contribution in [1.29, 1.82) is 0 Å². The molecule has 9 nitrogen and oxygen atoms in total. The van der Waals surface area contributed by atoms with E-state index in [4.69, 9.17) is 9.84 Å². The number of nitrogens with one attached hydrogen (secondary N) is 2. The van der Waals surface area contributed by atoms with Crippen LogP contribution in [0.25, 0.3) is 11.1 Å². The number of alkyl carbamates (subject to hydrolysis) is 1. The summed E-state index contributed by atoms with van der Waals surface area (Å²) in [6.07, 6.45) is -0.676. The van der Waals surface area contributed by atoms with Crippen LogP contribution in [0.5, 0.6) is 0 Å². The fourth-order valence-electron chi connectivity index (χ4n) is 4.00. The second-order valence-electron chi connectivity index (χ2n) is 8.02. The van der Waals surface area contributed by atoms with Crippen molar-refractivity contribution in [2.75, 3.05) is 13.2 Å². The molecule has 1 aliphatic carbocycles. The minimum atomic E-state index is -4.09. The molecule has 4 rings (SSSR count). The average Bonchev–Trinajstić information content (AvgIpc) is 3.37. The molecule has 0 radical (unpaired) electrons. The van der Waals surface area contributed by atoms with E-state index >= 15 is 0 Å². The van der Waals surface area contributed by atoms with Crippen LogP contribution in [0.15, 0.2) is 54.6 Å². The van der Waals surface area contributed by atoms with Crippen molar-refractivity contribution in [3.05, 3.63) is 77.1 Å². The lowest BCUT2D eigenvalue weighted by molar-refractivity contribution is -0.163. The van der Waals surface area contributed by atoms with Gasteiger partial charge in [0.05, 0.1) is 18.8 Å². The van der Waals surface area contributed by atoms with Crippen LogP contribution >= 0.6 is 0 Å². The number of carboxylic acids is 1. The van der Waals surface area contributed by atoms with Gasteiger partial charge in [-0.1, -0.05) is 48.5 Å². The molecule has 3 aromatic rings. The predicted octanol–water partition coefficient (Wildman–Crippen LogP) is 2.91. The van der Waals surface area contributed by atoms with Crippen LogP contribution in [0.2, 0.25) is 0 Å². The number of hydrogen-bond acceptors (Lipinski definition) is 5. The summed E-state index contributed by atoms with van der Waals surface area (Å²) in [6, 6.07) is 17.2. The summed E-state index contributed by atoms with van der Waals surface area (Å²) >= 11 is 0. The van der Waals surface area contributed by atoms with Gasteiger partial charge in [0.1, 0.15) is 12.3 Å². The van der Waals surface area contributed by atoms with Crippen LogP contribution in [0, 0.1) is 0 Å². The first kappa shape index (κ1) is 23.9. The quantitative estimate of drug-likeness (QED) is 0.452. The Bertz CT molecular complexity index is 1240. The van der Waals surface area contributed by atoms with Crippen LogP contribution in [0.3, 0.4) is 0 Å². The summed E-state index contributed by atoms with van der Waals surface area (Å²) in [4.78, 5) is 34.9. The number of rotatable bonds is 8. The average molecular weight is 484 g/mol. The topological polar surface area (TPSA) is 123 Å². The van der Waals surface area contributed by atoms with E-state index in [2.05, 4.69) is 10.4 Å². The zero-order valence-electron chi connectivity index (χ0n) is 18.6. The molecule has 1 aromatic heterocycles. The van der Waals surface area contributed by atoms with Gasteiger partial charge in [-0.05, 0) is 28.3 Å². The van der Waals surface area contributed by atoms with Gasteiger partial charge in [0.2, 0.25) is 0 Å². The van der Waals surface area contributed by atoms with Gasteiger partial charge in [-0.15, -0.1) is 0 Å². The van der Waals surface area contributed by atoms with E-state index in [1.807, 2.05) is 53.8 Å². The maximum atomic E-state index is 13.2. The van der Waals surface area contributed by atoms with E-state index < -0.39 is 30.4 Å². The Balaban J connectivity index is 1.32. The molecule has 0 aliphatic heterocycles. The number of aliphatic carboxylic acids is 1. The summed E-state index contributed by atoms with van der Waals surface area (Å²) in [5.41, 5.74) is 4.59. The number of nitrogens with zero attached hydrogens (tertiary/aromatic N) is 2. The molecule has 1 heterocycles. The van der Waals surface area contributed by atoms with Crippen molar-refractivity contribution in [3.63, 3.8) is 0 Å². The number of ether oxygens (including phenoxy) is 1. The molecular formula is C24H22F2N4O5. The van der Waals surface area contributed by atoms with Crippen molar-refractivity contribution in [3.8, 4) is 11.1 Å². The fraction of sp³-hybridized carbons (Fsp3) is 0.250. The number of benzene rings is 2. The van der Waals surface area contributed by atoms with Crippen molar-refractivity contribution < 1.29 is 33.0 Å². The van der Waals surface area contributed by atoms with Crippen molar-refractivity contribution in [2.45, 2.75) is 18.4 Å². The third-order valence-corrected chi connectivity index (χ3v) is 5.70. The third kappa shape index (κ3) is 4.98. The van der Waals surface area contributed by atoms with Gasteiger partial charge in [-0.2, -0.15) is 13.9 Å². The molecule has 0 spiro atoms. The molecule has 35 heavy (non-hydrogen) atoms. The van der Waals surface area contributed by atoms with Crippen molar-refractivity contribution >= 4 is 18.0 Å². The molecule has 0 saturated carbocycles. The summed E-state index contributed by atoms with van der Waals surface area (Å²) < 4.78 is 33.0. The lowest BCUT2D eigenvalue weighted by atomic mass is 9.98. The number of carbonyl (C=O) groups excluding carboxylic acids is 2. The van der Waals surface area contributed by atoms with Crippen molar-refractivity contribution in [2.24, 2.45) is 7.05 Å². The maximum Gasteiger partial charge on any atom is 0.407 e. The fourth-order valence-corrected chi connectivity index (χ4v) is 4.00. The lowest BCUT2D eigenvalue weighted by Crippen LogP contribution is -2.42. The molecule has 0 bridgehead atoms. The number of carbonyl (C=O) groups is 3. The van der Waals surface area contributed by atoms with Gasteiger partial charge >= 0.3 is 18.0 Å². The Morgan fingerprint density at radius 2 is 1.66 bits per heavy atom. The molecule has 11 heteroatoms. The zero-order valence-corrected chi connectivity index (χ0v) is 18.6.